The first-order valence-corrected chi connectivity index (χ1v) is 8.30. The lowest BCUT2D eigenvalue weighted by atomic mass is 10.1. The molecule has 2 aliphatic heterocycles. The molecule has 0 unspecified atom stereocenters. The summed E-state index contributed by atoms with van der Waals surface area (Å²) < 4.78 is 0. The minimum Gasteiger partial charge on any atom is -0.340 e. The molecule has 0 aromatic heterocycles. The second-order valence-corrected chi connectivity index (χ2v) is 6.27. The van der Waals surface area contributed by atoms with Crippen LogP contribution in [0.4, 0.5) is 5.69 Å². The van der Waals surface area contributed by atoms with Crippen LogP contribution in [0.2, 0.25) is 0 Å². The number of aliphatic imine (C=N–C) groups is 1. The fourth-order valence-corrected chi connectivity index (χ4v) is 3.13. The van der Waals surface area contributed by atoms with Crippen LogP contribution in [-0.2, 0) is 9.59 Å². The van der Waals surface area contributed by atoms with E-state index < -0.39 is 6.04 Å². The predicted octanol–water partition coefficient (Wildman–Crippen LogP) is 0.736. The molecule has 3 N–H and O–H groups in total. The summed E-state index contributed by atoms with van der Waals surface area (Å²) in [5.74, 6) is 0.0281. The number of amidine groups is 1. The molecule has 8 heteroatoms. The molecule has 0 saturated heterocycles. The zero-order chi connectivity index (χ0) is 16.2. The topological polar surface area (TPSA) is 99.7 Å². The third kappa shape index (κ3) is 3.70. The van der Waals surface area contributed by atoms with E-state index in [1.54, 1.807) is 24.3 Å². The Hall–Kier alpha value is -2.35. The molecule has 3 amide bonds. The predicted molar refractivity (Wildman–Crippen MR) is 88.5 cm³/mol. The highest BCUT2D eigenvalue weighted by molar-refractivity contribution is 8.14. The van der Waals surface area contributed by atoms with Crippen LogP contribution in [0.15, 0.2) is 29.3 Å². The van der Waals surface area contributed by atoms with Crippen LogP contribution in [-0.4, -0.2) is 41.2 Å². The zero-order valence-corrected chi connectivity index (χ0v) is 13.1. The maximum Gasteiger partial charge on any atom is 0.254 e. The van der Waals surface area contributed by atoms with Gasteiger partial charge in [-0.3, -0.25) is 19.4 Å². The number of fused-ring (bicyclic) bond motifs is 1. The normalized spacial score (nSPS) is 20.0. The maximum absolute atomic E-state index is 12.2. The second-order valence-electron chi connectivity index (χ2n) is 5.18. The van der Waals surface area contributed by atoms with Gasteiger partial charge in [0.25, 0.3) is 5.91 Å². The summed E-state index contributed by atoms with van der Waals surface area (Å²) >= 11 is 1.50. The average molecular weight is 332 g/mol. The van der Waals surface area contributed by atoms with E-state index in [2.05, 4.69) is 20.9 Å². The highest BCUT2D eigenvalue weighted by Gasteiger charge is 2.28. The Morgan fingerprint density at radius 1 is 1.35 bits per heavy atom. The number of carbonyl (C=O) groups is 3. The molecular formula is C15H16N4O3S. The summed E-state index contributed by atoms with van der Waals surface area (Å²) in [6.45, 7) is 0.708. The number of rotatable bonds is 3. The smallest absolute Gasteiger partial charge is 0.254 e. The minimum absolute atomic E-state index is 0.133. The van der Waals surface area contributed by atoms with Gasteiger partial charge < -0.3 is 16.0 Å². The third-order valence-electron chi connectivity index (χ3n) is 3.54. The van der Waals surface area contributed by atoms with Gasteiger partial charge in [-0.05, 0) is 18.6 Å². The van der Waals surface area contributed by atoms with Crippen LogP contribution >= 0.6 is 11.8 Å². The van der Waals surface area contributed by atoms with Crippen molar-refractivity contribution in [2.75, 3.05) is 17.6 Å². The fraction of sp³-hybridized carbons (Fsp3) is 0.333. The molecule has 23 heavy (non-hydrogen) atoms. The molecular weight excluding hydrogens is 316 g/mol. The largest absolute Gasteiger partial charge is 0.340 e. The van der Waals surface area contributed by atoms with Crippen LogP contribution in [0.5, 0.6) is 0 Å². The average Bonchev–Trinajstić information content (AvgIpc) is 3.00. The summed E-state index contributed by atoms with van der Waals surface area (Å²) in [6.07, 6.45) is 0.365. The number of anilines is 1. The minimum atomic E-state index is -0.737. The van der Waals surface area contributed by atoms with E-state index in [1.165, 1.54) is 11.8 Å². The molecule has 1 aromatic carbocycles. The summed E-state index contributed by atoms with van der Waals surface area (Å²) in [7, 11) is 0. The number of nitrogens with one attached hydrogen (secondary N) is 3. The first-order valence-electron chi connectivity index (χ1n) is 7.31. The van der Waals surface area contributed by atoms with E-state index in [-0.39, 0.29) is 30.6 Å². The van der Waals surface area contributed by atoms with Crippen molar-refractivity contribution in [3.05, 3.63) is 29.8 Å². The highest BCUT2D eigenvalue weighted by atomic mass is 32.2. The molecule has 7 nitrogen and oxygen atoms in total. The summed E-state index contributed by atoms with van der Waals surface area (Å²) in [4.78, 5) is 40.4. The number of carbonyl (C=O) groups excluding carboxylic acids is 3. The summed E-state index contributed by atoms with van der Waals surface area (Å²) in [6, 6.07) is 6.07. The van der Waals surface area contributed by atoms with Gasteiger partial charge in [0.1, 0.15) is 6.04 Å². The molecule has 0 saturated carbocycles. The summed E-state index contributed by atoms with van der Waals surface area (Å²) in [5.41, 5.74) is 0.906. The Morgan fingerprint density at radius 3 is 2.96 bits per heavy atom. The number of benzene rings is 1. The highest BCUT2D eigenvalue weighted by Crippen LogP contribution is 2.19. The fourth-order valence-electron chi connectivity index (χ4n) is 2.38. The number of hydrogen-bond donors (Lipinski definition) is 3. The van der Waals surface area contributed by atoms with E-state index in [1.807, 2.05) is 0 Å². The molecule has 120 valence electrons. The summed E-state index contributed by atoms with van der Waals surface area (Å²) in [5, 5.41) is 8.71. The Kier molecular flexibility index (Phi) is 4.61. The number of thioether (sulfide) groups is 1. The van der Waals surface area contributed by atoms with Crippen LogP contribution in [0, 0.1) is 0 Å². The van der Waals surface area contributed by atoms with Gasteiger partial charge in [-0.15, -0.1) is 0 Å². The van der Waals surface area contributed by atoms with Gasteiger partial charge in [-0.2, -0.15) is 0 Å². The van der Waals surface area contributed by atoms with Crippen molar-refractivity contribution in [2.24, 2.45) is 4.99 Å². The first kappa shape index (κ1) is 15.5. The monoisotopic (exact) mass is 332 g/mol. The van der Waals surface area contributed by atoms with E-state index >= 15 is 0 Å². The molecule has 1 aromatic rings. The third-order valence-corrected chi connectivity index (χ3v) is 4.43. The van der Waals surface area contributed by atoms with E-state index in [0.717, 1.165) is 5.75 Å². The number of para-hydroxylation sites is 1. The molecule has 0 bridgehead atoms. The quantitative estimate of drug-likeness (QED) is 0.760. The lowest BCUT2D eigenvalue weighted by molar-refractivity contribution is -0.120. The molecule has 1 atom stereocenters. The number of amides is 3. The Bertz CT molecular complexity index is 689. The van der Waals surface area contributed by atoms with Crippen molar-refractivity contribution in [3.8, 4) is 0 Å². The van der Waals surface area contributed by atoms with Gasteiger partial charge in [-0.25, -0.2) is 0 Å². The molecule has 3 rings (SSSR count). The second kappa shape index (κ2) is 6.82. The van der Waals surface area contributed by atoms with Crippen LogP contribution in [0.3, 0.4) is 0 Å². The Balaban J connectivity index is 1.59. The molecule has 0 radical (unpaired) electrons. The molecule has 2 heterocycles. The van der Waals surface area contributed by atoms with Crippen LogP contribution < -0.4 is 16.0 Å². The number of nitrogens with zero attached hydrogens (tertiary/aromatic N) is 1. The Labute approximate surface area is 137 Å². The van der Waals surface area contributed by atoms with Gasteiger partial charge in [0.15, 0.2) is 5.17 Å². The van der Waals surface area contributed by atoms with E-state index in [9.17, 15) is 14.4 Å². The molecule has 2 aliphatic rings. The number of hydrogen-bond acceptors (Lipinski definition) is 5. The van der Waals surface area contributed by atoms with Gasteiger partial charge in [0.05, 0.1) is 17.8 Å². The van der Waals surface area contributed by atoms with E-state index in [0.29, 0.717) is 23.0 Å². The standard InChI is InChI=1S/C15H16N4O3S/c20-12(19-15-16-7-8-23-15)6-5-11-14(22)17-10-4-2-1-3-9(10)13(21)18-11/h1-4,11H,5-8H2,(H,17,22)(H,18,21)(H,16,19,20)/t11-/m1/s1. The van der Waals surface area contributed by atoms with Crippen molar-refractivity contribution >= 4 is 40.3 Å². The zero-order valence-electron chi connectivity index (χ0n) is 12.3. The van der Waals surface area contributed by atoms with Gasteiger partial charge in [0, 0.05) is 12.2 Å². The van der Waals surface area contributed by atoms with Crippen LogP contribution in [0.1, 0.15) is 23.2 Å². The van der Waals surface area contributed by atoms with Gasteiger partial charge >= 0.3 is 0 Å². The maximum atomic E-state index is 12.2. The first-order chi connectivity index (χ1) is 11.1. The molecule has 0 aliphatic carbocycles. The van der Waals surface area contributed by atoms with Crippen molar-refractivity contribution in [3.63, 3.8) is 0 Å². The molecule has 0 fully saturated rings. The van der Waals surface area contributed by atoms with Crippen molar-refractivity contribution < 1.29 is 14.4 Å². The van der Waals surface area contributed by atoms with Gasteiger partial charge in [0.2, 0.25) is 11.8 Å². The van der Waals surface area contributed by atoms with Crippen molar-refractivity contribution in [2.45, 2.75) is 18.9 Å². The Morgan fingerprint density at radius 2 is 2.17 bits per heavy atom. The SMILES string of the molecule is O=C(CC[C@H]1NC(=O)c2ccccc2NC1=O)NC1=NCCS1. The van der Waals surface area contributed by atoms with Crippen molar-refractivity contribution in [1.82, 2.24) is 10.6 Å². The van der Waals surface area contributed by atoms with Gasteiger partial charge in [-0.1, -0.05) is 23.9 Å². The van der Waals surface area contributed by atoms with E-state index in [4.69, 9.17) is 0 Å². The van der Waals surface area contributed by atoms with Crippen LogP contribution in [0.25, 0.3) is 0 Å². The lowest BCUT2D eigenvalue weighted by Crippen LogP contribution is -2.42. The lowest BCUT2D eigenvalue weighted by Gasteiger charge is -2.14. The van der Waals surface area contributed by atoms with Crippen molar-refractivity contribution in [1.29, 1.82) is 0 Å². The molecule has 0 spiro atoms.